The lowest BCUT2D eigenvalue weighted by atomic mass is 10.0. The fraction of sp³-hybridized carbons (Fsp3) is 0.417. The summed E-state index contributed by atoms with van der Waals surface area (Å²) in [6, 6.07) is 3.58. The predicted molar refractivity (Wildman–Crippen MR) is 72.2 cm³/mol. The summed E-state index contributed by atoms with van der Waals surface area (Å²) in [4.78, 5) is 1.85. The zero-order chi connectivity index (χ0) is 13.8. The van der Waals surface area contributed by atoms with Gasteiger partial charge in [-0.25, -0.2) is 0 Å². The molecule has 0 spiro atoms. The zero-order valence-corrected chi connectivity index (χ0v) is 10.5. The molecule has 0 bridgehead atoms. The number of fused-ring (bicyclic) bond motifs is 1. The smallest absolute Gasteiger partial charge is 0.0923 e. The van der Waals surface area contributed by atoms with E-state index in [4.69, 9.17) is 15.9 Å². The largest absolute Gasteiger partial charge is 0.398 e. The second-order valence-corrected chi connectivity index (χ2v) is 4.28. The SMILES string of the molecule is Nc1ccc(N(CCO)CCO)c2c1C=NN(O)C2. The first-order valence-corrected chi connectivity index (χ1v) is 6.05. The van der Waals surface area contributed by atoms with E-state index in [9.17, 15) is 5.21 Å². The van der Waals surface area contributed by atoms with Crippen molar-refractivity contribution in [1.29, 1.82) is 0 Å². The Morgan fingerprint density at radius 1 is 1.26 bits per heavy atom. The fourth-order valence-electron chi connectivity index (χ4n) is 2.19. The molecular weight excluding hydrogens is 248 g/mol. The second kappa shape index (κ2) is 5.87. The number of nitrogens with two attached hydrogens (primary N) is 1. The van der Waals surface area contributed by atoms with Crippen molar-refractivity contribution < 1.29 is 15.4 Å². The van der Waals surface area contributed by atoms with Gasteiger partial charge in [-0.05, 0) is 12.1 Å². The summed E-state index contributed by atoms with van der Waals surface area (Å²) in [5.41, 5.74) is 8.91. The van der Waals surface area contributed by atoms with Gasteiger partial charge in [0.2, 0.25) is 0 Å². The van der Waals surface area contributed by atoms with E-state index < -0.39 is 0 Å². The molecule has 0 saturated carbocycles. The van der Waals surface area contributed by atoms with Crippen LogP contribution in [-0.4, -0.2) is 53.1 Å². The fourth-order valence-corrected chi connectivity index (χ4v) is 2.19. The number of aliphatic hydroxyl groups excluding tert-OH is 2. The molecule has 0 aromatic heterocycles. The summed E-state index contributed by atoms with van der Waals surface area (Å²) >= 11 is 0. The van der Waals surface area contributed by atoms with Crippen LogP contribution in [0.5, 0.6) is 0 Å². The van der Waals surface area contributed by atoms with Crippen molar-refractivity contribution in [3.8, 4) is 0 Å². The third kappa shape index (κ3) is 2.78. The standard InChI is InChI=1S/C12H18N4O3/c13-11-1-2-12(15(3-5-17)4-6-18)10-8-16(19)14-7-9(10)11/h1-2,7,17-19H,3-6,8,13H2. The van der Waals surface area contributed by atoms with Crippen LogP contribution >= 0.6 is 0 Å². The lowest BCUT2D eigenvalue weighted by Crippen LogP contribution is -2.32. The van der Waals surface area contributed by atoms with Crippen molar-refractivity contribution >= 4 is 17.6 Å². The molecule has 0 amide bonds. The average Bonchev–Trinajstić information content (AvgIpc) is 2.39. The van der Waals surface area contributed by atoms with E-state index in [-0.39, 0.29) is 19.8 Å². The van der Waals surface area contributed by atoms with E-state index in [0.717, 1.165) is 22.0 Å². The van der Waals surface area contributed by atoms with Crippen molar-refractivity contribution in [2.75, 3.05) is 36.9 Å². The molecule has 0 atom stereocenters. The third-order valence-electron chi connectivity index (χ3n) is 3.07. The van der Waals surface area contributed by atoms with E-state index in [1.807, 2.05) is 11.0 Å². The topological polar surface area (TPSA) is 106 Å². The van der Waals surface area contributed by atoms with Gasteiger partial charge >= 0.3 is 0 Å². The minimum Gasteiger partial charge on any atom is -0.398 e. The van der Waals surface area contributed by atoms with Gasteiger partial charge in [0, 0.05) is 35.6 Å². The van der Waals surface area contributed by atoms with Gasteiger partial charge < -0.3 is 20.8 Å². The molecule has 1 aliphatic rings. The number of hydrazone groups is 1. The first-order chi connectivity index (χ1) is 9.17. The summed E-state index contributed by atoms with van der Waals surface area (Å²) in [6.07, 6.45) is 1.51. The maximum atomic E-state index is 9.49. The van der Waals surface area contributed by atoms with Gasteiger partial charge in [-0.1, -0.05) is 0 Å². The molecule has 0 saturated heterocycles. The normalized spacial score (nSPS) is 13.5. The molecule has 7 heteroatoms. The van der Waals surface area contributed by atoms with Crippen LogP contribution in [0.3, 0.4) is 0 Å². The number of anilines is 2. The van der Waals surface area contributed by atoms with Gasteiger partial charge in [0.1, 0.15) is 0 Å². The monoisotopic (exact) mass is 266 g/mol. The maximum Gasteiger partial charge on any atom is 0.0923 e. The number of aliphatic hydroxyl groups is 2. The summed E-state index contributed by atoms with van der Waals surface area (Å²) in [5.74, 6) is 0. The van der Waals surface area contributed by atoms with Crippen molar-refractivity contribution in [3.63, 3.8) is 0 Å². The quantitative estimate of drug-likeness (QED) is 0.540. The van der Waals surface area contributed by atoms with E-state index in [1.165, 1.54) is 6.21 Å². The van der Waals surface area contributed by atoms with E-state index in [0.29, 0.717) is 18.8 Å². The molecule has 5 N–H and O–H groups in total. The highest BCUT2D eigenvalue weighted by Crippen LogP contribution is 2.30. The third-order valence-corrected chi connectivity index (χ3v) is 3.07. The van der Waals surface area contributed by atoms with Gasteiger partial charge in [0.05, 0.1) is 26.0 Å². The van der Waals surface area contributed by atoms with Crippen LogP contribution in [0.4, 0.5) is 11.4 Å². The number of hydrogen-bond donors (Lipinski definition) is 4. The van der Waals surface area contributed by atoms with Crippen molar-refractivity contribution in [3.05, 3.63) is 23.3 Å². The highest BCUT2D eigenvalue weighted by Gasteiger charge is 2.20. The highest BCUT2D eigenvalue weighted by molar-refractivity contribution is 5.92. The number of hydrogen-bond acceptors (Lipinski definition) is 7. The Hall–Kier alpha value is -1.83. The highest BCUT2D eigenvalue weighted by atomic mass is 16.5. The van der Waals surface area contributed by atoms with E-state index in [1.54, 1.807) is 6.07 Å². The van der Waals surface area contributed by atoms with Crippen LogP contribution in [0.1, 0.15) is 11.1 Å². The Labute approximate surface area is 111 Å². The van der Waals surface area contributed by atoms with Crippen LogP contribution in [-0.2, 0) is 6.54 Å². The Bertz CT molecular complexity index is 472. The molecule has 7 nitrogen and oxygen atoms in total. The predicted octanol–water partition coefficient (Wildman–Crippen LogP) is -0.402. The lowest BCUT2D eigenvalue weighted by Gasteiger charge is -2.29. The molecule has 1 heterocycles. The van der Waals surface area contributed by atoms with Crippen LogP contribution < -0.4 is 10.6 Å². The van der Waals surface area contributed by atoms with Crippen LogP contribution in [0.2, 0.25) is 0 Å². The molecule has 0 unspecified atom stereocenters. The molecule has 19 heavy (non-hydrogen) atoms. The summed E-state index contributed by atoms with van der Waals surface area (Å²) in [6.45, 7) is 0.991. The van der Waals surface area contributed by atoms with Crippen molar-refractivity contribution in [2.24, 2.45) is 5.10 Å². The number of rotatable bonds is 5. The molecule has 1 aliphatic heterocycles. The maximum absolute atomic E-state index is 9.49. The summed E-state index contributed by atoms with van der Waals surface area (Å²) in [5, 5.41) is 32.3. The van der Waals surface area contributed by atoms with Crippen molar-refractivity contribution in [1.82, 2.24) is 5.17 Å². The first kappa shape index (κ1) is 13.6. The Morgan fingerprint density at radius 2 is 1.95 bits per heavy atom. The first-order valence-electron chi connectivity index (χ1n) is 6.05. The van der Waals surface area contributed by atoms with E-state index >= 15 is 0 Å². The molecule has 1 aromatic rings. The molecule has 0 radical (unpaired) electrons. The molecule has 2 rings (SSSR count). The van der Waals surface area contributed by atoms with Gasteiger partial charge in [-0.2, -0.15) is 10.3 Å². The second-order valence-electron chi connectivity index (χ2n) is 4.28. The number of nitrogens with zero attached hydrogens (tertiary/aromatic N) is 3. The minimum atomic E-state index is -0.0178. The number of hydroxylamine groups is 1. The van der Waals surface area contributed by atoms with Crippen molar-refractivity contribution in [2.45, 2.75) is 6.54 Å². The lowest BCUT2D eigenvalue weighted by molar-refractivity contribution is -0.0989. The van der Waals surface area contributed by atoms with Gasteiger partial charge in [-0.3, -0.25) is 5.21 Å². The minimum absolute atomic E-state index is 0.0178. The molecule has 1 aromatic carbocycles. The number of benzene rings is 1. The molecule has 0 aliphatic carbocycles. The molecule has 0 fully saturated rings. The Kier molecular flexibility index (Phi) is 4.20. The average molecular weight is 266 g/mol. The van der Waals surface area contributed by atoms with Crippen LogP contribution in [0.15, 0.2) is 17.2 Å². The Morgan fingerprint density at radius 3 is 2.58 bits per heavy atom. The summed E-state index contributed by atoms with van der Waals surface area (Å²) < 4.78 is 0. The zero-order valence-electron chi connectivity index (χ0n) is 10.5. The van der Waals surface area contributed by atoms with Gasteiger partial charge in [-0.15, -0.1) is 0 Å². The molecular formula is C12H18N4O3. The molecule has 104 valence electrons. The van der Waals surface area contributed by atoms with Crippen LogP contribution in [0.25, 0.3) is 0 Å². The van der Waals surface area contributed by atoms with Crippen LogP contribution in [0, 0.1) is 0 Å². The van der Waals surface area contributed by atoms with Gasteiger partial charge in [0.25, 0.3) is 0 Å². The van der Waals surface area contributed by atoms with Gasteiger partial charge in [0.15, 0.2) is 0 Å². The summed E-state index contributed by atoms with van der Waals surface area (Å²) in [7, 11) is 0. The number of nitrogen functional groups attached to an aromatic ring is 1. The Balaban J connectivity index is 2.43. The van der Waals surface area contributed by atoms with E-state index in [2.05, 4.69) is 5.10 Å².